The number of hydrogen-bond donors (Lipinski definition) is 1. The summed E-state index contributed by atoms with van der Waals surface area (Å²) in [5, 5.41) is 3.79. The molecule has 4 rings (SSSR count). The molecule has 3 aromatic rings. The van der Waals surface area contributed by atoms with Gasteiger partial charge in [-0.05, 0) is 36.4 Å². The van der Waals surface area contributed by atoms with Crippen LogP contribution in [0.25, 0.3) is 0 Å². The van der Waals surface area contributed by atoms with Crippen LogP contribution in [-0.4, -0.2) is 42.0 Å². The summed E-state index contributed by atoms with van der Waals surface area (Å²) < 4.78 is 0. The number of aromatic nitrogens is 1. The van der Waals surface area contributed by atoms with Crippen LogP contribution in [0, 0.1) is 0 Å². The van der Waals surface area contributed by atoms with Gasteiger partial charge in [0.2, 0.25) is 0 Å². The van der Waals surface area contributed by atoms with Crippen molar-refractivity contribution in [3.63, 3.8) is 0 Å². The van der Waals surface area contributed by atoms with Crippen LogP contribution < -0.4 is 10.2 Å². The van der Waals surface area contributed by atoms with E-state index in [-0.39, 0.29) is 5.91 Å². The summed E-state index contributed by atoms with van der Waals surface area (Å²) in [5.41, 5.74) is 2.58. The maximum atomic E-state index is 12.9. The number of halogens is 1. The number of hydrogen-bond acceptors (Lipinski definition) is 4. The molecule has 0 spiro atoms. The molecule has 1 N–H and O–H groups in total. The molecule has 0 aliphatic carbocycles. The first-order valence-electron chi connectivity index (χ1n) is 9.27. The Hall–Kier alpha value is -3.05. The van der Waals surface area contributed by atoms with E-state index >= 15 is 0 Å². The maximum Gasteiger partial charge on any atom is 0.254 e. The molecular formula is C22H21ClN4O. The van der Waals surface area contributed by atoms with Gasteiger partial charge in [0.1, 0.15) is 5.82 Å². The summed E-state index contributed by atoms with van der Waals surface area (Å²) in [6.07, 6.45) is 1.65. The van der Waals surface area contributed by atoms with E-state index < -0.39 is 0 Å². The number of piperazine rings is 1. The van der Waals surface area contributed by atoms with Gasteiger partial charge in [0.15, 0.2) is 0 Å². The Kier molecular flexibility index (Phi) is 5.44. The van der Waals surface area contributed by atoms with Gasteiger partial charge in [-0.2, -0.15) is 0 Å². The van der Waals surface area contributed by atoms with E-state index in [4.69, 9.17) is 11.6 Å². The van der Waals surface area contributed by atoms with Crippen molar-refractivity contribution >= 4 is 34.7 Å². The van der Waals surface area contributed by atoms with Crippen molar-refractivity contribution in [3.05, 3.63) is 83.5 Å². The zero-order valence-electron chi connectivity index (χ0n) is 15.4. The fourth-order valence-corrected chi connectivity index (χ4v) is 3.50. The predicted molar refractivity (Wildman–Crippen MR) is 114 cm³/mol. The lowest BCUT2D eigenvalue weighted by atomic mass is 10.2. The highest BCUT2D eigenvalue weighted by Crippen LogP contribution is 2.24. The Bertz CT molecular complexity index is 956. The third-order valence-corrected chi connectivity index (χ3v) is 5.16. The normalized spacial score (nSPS) is 14.0. The van der Waals surface area contributed by atoms with Crippen LogP contribution in [0.15, 0.2) is 72.9 Å². The minimum Gasteiger partial charge on any atom is -0.368 e. The fourth-order valence-electron chi connectivity index (χ4n) is 3.32. The summed E-state index contributed by atoms with van der Waals surface area (Å²) >= 11 is 6.19. The second kappa shape index (κ2) is 8.31. The molecule has 2 aromatic carbocycles. The van der Waals surface area contributed by atoms with Crippen molar-refractivity contribution in [1.82, 2.24) is 9.88 Å². The first-order valence-corrected chi connectivity index (χ1v) is 9.65. The highest BCUT2D eigenvalue weighted by atomic mass is 35.5. The Morgan fingerprint density at radius 1 is 0.929 bits per heavy atom. The summed E-state index contributed by atoms with van der Waals surface area (Å²) in [7, 11) is 0. The molecule has 2 heterocycles. The summed E-state index contributed by atoms with van der Waals surface area (Å²) in [6, 6.07) is 21.3. The molecule has 0 radical (unpaired) electrons. The number of amides is 1. The average molecular weight is 393 g/mol. The SMILES string of the molecule is O=C(c1ccnc(Nc2ccccc2Cl)c1)N1CCN(c2ccccc2)CC1. The van der Waals surface area contributed by atoms with Gasteiger partial charge in [-0.1, -0.05) is 41.9 Å². The van der Waals surface area contributed by atoms with E-state index in [1.165, 1.54) is 5.69 Å². The quantitative estimate of drug-likeness (QED) is 0.713. The lowest BCUT2D eigenvalue weighted by molar-refractivity contribution is 0.0746. The molecule has 0 bridgehead atoms. The van der Waals surface area contributed by atoms with Crippen LogP contribution in [0.3, 0.4) is 0 Å². The van der Waals surface area contributed by atoms with E-state index in [9.17, 15) is 4.79 Å². The minimum atomic E-state index is 0.0253. The van der Waals surface area contributed by atoms with Gasteiger partial charge in [-0.15, -0.1) is 0 Å². The maximum absolute atomic E-state index is 12.9. The number of para-hydroxylation sites is 2. The van der Waals surface area contributed by atoms with Crippen LogP contribution in [-0.2, 0) is 0 Å². The zero-order valence-corrected chi connectivity index (χ0v) is 16.1. The molecule has 1 fully saturated rings. The molecule has 1 aliphatic heterocycles. The molecule has 28 heavy (non-hydrogen) atoms. The third-order valence-electron chi connectivity index (χ3n) is 4.83. The van der Waals surface area contributed by atoms with Crippen LogP contribution in [0.1, 0.15) is 10.4 Å². The average Bonchev–Trinajstić information content (AvgIpc) is 2.76. The Morgan fingerprint density at radius 3 is 2.39 bits per heavy atom. The number of nitrogens with one attached hydrogen (secondary N) is 1. The van der Waals surface area contributed by atoms with E-state index in [1.54, 1.807) is 18.3 Å². The van der Waals surface area contributed by atoms with Crippen molar-refractivity contribution in [1.29, 1.82) is 0 Å². The van der Waals surface area contributed by atoms with Gasteiger partial charge in [-0.3, -0.25) is 4.79 Å². The minimum absolute atomic E-state index is 0.0253. The number of anilines is 3. The van der Waals surface area contributed by atoms with E-state index in [1.807, 2.05) is 47.4 Å². The third kappa shape index (κ3) is 4.10. The predicted octanol–water partition coefficient (Wildman–Crippen LogP) is 4.44. The van der Waals surface area contributed by atoms with Crippen molar-refractivity contribution in [2.75, 3.05) is 36.4 Å². The lowest BCUT2D eigenvalue weighted by Crippen LogP contribution is -2.48. The second-order valence-corrected chi connectivity index (χ2v) is 7.06. The summed E-state index contributed by atoms with van der Waals surface area (Å²) in [6.45, 7) is 3.05. The van der Waals surface area contributed by atoms with Crippen LogP contribution in [0.5, 0.6) is 0 Å². The van der Waals surface area contributed by atoms with E-state index in [2.05, 4.69) is 27.3 Å². The van der Waals surface area contributed by atoms with E-state index in [0.29, 0.717) is 29.5 Å². The Labute approximate surface area is 169 Å². The van der Waals surface area contributed by atoms with Gasteiger partial charge < -0.3 is 15.1 Å². The van der Waals surface area contributed by atoms with Crippen LogP contribution >= 0.6 is 11.6 Å². The first kappa shape index (κ1) is 18.3. The molecule has 6 heteroatoms. The van der Waals surface area contributed by atoms with E-state index in [0.717, 1.165) is 18.8 Å². The first-order chi connectivity index (χ1) is 13.7. The molecule has 1 aliphatic rings. The number of nitrogens with zero attached hydrogens (tertiary/aromatic N) is 3. The number of benzene rings is 2. The molecule has 0 unspecified atom stereocenters. The second-order valence-electron chi connectivity index (χ2n) is 6.65. The molecule has 1 amide bonds. The van der Waals surface area contributed by atoms with Gasteiger partial charge in [0.05, 0.1) is 10.7 Å². The Morgan fingerprint density at radius 2 is 1.64 bits per heavy atom. The summed E-state index contributed by atoms with van der Waals surface area (Å²) in [5.74, 6) is 0.624. The van der Waals surface area contributed by atoms with Crippen LogP contribution in [0.2, 0.25) is 5.02 Å². The Balaban J connectivity index is 1.42. The number of pyridine rings is 1. The molecule has 0 atom stereocenters. The van der Waals surface area contributed by atoms with Gasteiger partial charge in [-0.25, -0.2) is 4.98 Å². The van der Waals surface area contributed by atoms with Gasteiger partial charge in [0.25, 0.3) is 5.91 Å². The van der Waals surface area contributed by atoms with Gasteiger partial charge >= 0.3 is 0 Å². The molecular weight excluding hydrogens is 372 g/mol. The molecule has 1 aromatic heterocycles. The highest BCUT2D eigenvalue weighted by molar-refractivity contribution is 6.33. The number of carbonyl (C=O) groups excluding carboxylic acids is 1. The molecule has 5 nitrogen and oxygen atoms in total. The smallest absolute Gasteiger partial charge is 0.254 e. The largest absolute Gasteiger partial charge is 0.368 e. The summed E-state index contributed by atoms with van der Waals surface area (Å²) in [4.78, 5) is 21.4. The number of rotatable bonds is 4. The fraction of sp³-hybridized carbons (Fsp3) is 0.182. The standard InChI is InChI=1S/C22H21ClN4O/c23-19-8-4-5-9-20(19)25-21-16-17(10-11-24-21)22(28)27-14-12-26(13-15-27)18-6-2-1-3-7-18/h1-11,16H,12-15H2,(H,24,25). The zero-order chi connectivity index (χ0) is 19.3. The van der Waals surface area contributed by atoms with Gasteiger partial charge in [0, 0.05) is 43.6 Å². The topological polar surface area (TPSA) is 48.5 Å². The molecule has 142 valence electrons. The number of carbonyl (C=O) groups is 1. The van der Waals surface area contributed by atoms with Crippen molar-refractivity contribution in [3.8, 4) is 0 Å². The highest BCUT2D eigenvalue weighted by Gasteiger charge is 2.22. The molecule has 0 saturated carbocycles. The van der Waals surface area contributed by atoms with Crippen molar-refractivity contribution < 1.29 is 4.79 Å². The molecule has 1 saturated heterocycles. The van der Waals surface area contributed by atoms with Crippen molar-refractivity contribution in [2.45, 2.75) is 0 Å². The van der Waals surface area contributed by atoms with Crippen LogP contribution in [0.4, 0.5) is 17.2 Å². The monoisotopic (exact) mass is 392 g/mol. The lowest BCUT2D eigenvalue weighted by Gasteiger charge is -2.36. The van der Waals surface area contributed by atoms with Crippen molar-refractivity contribution in [2.24, 2.45) is 0 Å².